The topological polar surface area (TPSA) is 89.5 Å². The summed E-state index contributed by atoms with van der Waals surface area (Å²) in [5.41, 5.74) is 5.44. The molecule has 0 saturated carbocycles. The molecule has 300 valence electrons. The number of carbonyl (C=O) groups excluding carboxylic acids is 2. The lowest BCUT2D eigenvalue weighted by Gasteiger charge is -2.37. The fourth-order valence-corrected chi connectivity index (χ4v) is 6.35. The van der Waals surface area contributed by atoms with Crippen molar-refractivity contribution >= 4 is 11.9 Å². The lowest BCUT2D eigenvalue weighted by atomic mass is 9.90. The quantitative estimate of drug-likeness (QED) is 0.0515. The van der Waals surface area contributed by atoms with Gasteiger partial charge in [0.25, 0.3) is 0 Å². The summed E-state index contributed by atoms with van der Waals surface area (Å²) < 4.78 is 34.0. The third kappa shape index (κ3) is 13.8. The molecule has 0 aliphatic carbocycles. The van der Waals surface area contributed by atoms with Gasteiger partial charge in [-0.1, -0.05) is 75.7 Å². The van der Waals surface area contributed by atoms with Crippen LogP contribution in [0.3, 0.4) is 0 Å². The fraction of sp³-hybridized carbons (Fsp3) is 0.458. The van der Waals surface area contributed by atoms with E-state index in [1.165, 1.54) is 0 Å². The van der Waals surface area contributed by atoms with Gasteiger partial charge in [-0.15, -0.1) is 0 Å². The highest BCUT2D eigenvalue weighted by atomic mass is 16.5. The molecule has 56 heavy (non-hydrogen) atoms. The third-order valence-corrected chi connectivity index (χ3v) is 10.3. The number of hydrogen-bond donors (Lipinski definition) is 0. The maximum absolute atomic E-state index is 12.7. The van der Waals surface area contributed by atoms with E-state index in [9.17, 15) is 9.59 Å². The summed E-state index contributed by atoms with van der Waals surface area (Å²) in [7, 11) is 0. The maximum Gasteiger partial charge on any atom is 0.338 e. The van der Waals surface area contributed by atoms with Gasteiger partial charge >= 0.3 is 11.9 Å². The first-order chi connectivity index (χ1) is 27.2. The summed E-state index contributed by atoms with van der Waals surface area (Å²) in [6.07, 6.45) is 7.84. The summed E-state index contributed by atoms with van der Waals surface area (Å²) in [5, 5.41) is 0. The largest absolute Gasteiger partial charge is 0.494 e. The highest BCUT2D eigenvalue weighted by molar-refractivity contribution is 5.90. The average Bonchev–Trinajstić information content (AvgIpc) is 3.21. The second kappa shape index (κ2) is 22.2. The Labute approximate surface area is 333 Å². The van der Waals surface area contributed by atoms with Crippen molar-refractivity contribution < 1.29 is 38.0 Å². The van der Waals surface area contributed by atoms with E-state index in [2.05, 4.69) is 27.7 Å². The number of unbranched alkanes of at least 4 members (excludes halogenated alkanes) is 3. The molecule has 8 heteroatoms. The Hall–Kier alpha value is -4.66. The van der Waals surface area contributed by atoms with Crippen molar-refractivity contribution in [1.82, 2.24) is 0 Å². The van der Waals surface area contributed by atoms with E-state index in [0.29, 0.717) is 36.9 Å². The van der Waals surface area contributed by atoms with Crippen molar-refractivity contribution in [2.24, 2.45) is 11.3 Å². The molecule has 1 aliphatic heterocycles. The molecule has 1 heterocycles. The number of rotatable bonds is 24. The minimum absolute atomic E-state index is 0.177. The lowest BCUT2D eigenvalue weighted by molar-refractivity contribution is -0.137. The molecule has 0 spiro atoms. The van der Waals surface area contributed by atoms with Crippen LogP contribution < -0.4 is 9.47 Å². The Morgan fingerprint density at radius 2 is 1.11 bits per heavy atom. The number of benzene rings is 4. The van der Waals surface area contributed by atoms with Crippen LogP contribution in [0.2, 0.25) is 0 Å². The van der Waals surface area contributed by atoms with Crippen LogP contribution in [0.25, 0.3) is 22.3 Å². The summed E-state index contributed by atoms with van der Waals surface area (Å²) in [6.45, 7) is 13.1. The van der Waals surface area contributed by atoms with Crippen LogP contribution in [0.5, 0.6) is 11.5 Å². The number of carbonyl (C=O) groups is 2. The molecule has 1 saturated heterocycles. The van der Waals surface area contributed by atoms with E-state index < -0.39 is 0 Å². The van der Waals surface area contributed by atoms with Crippen LogP contribution in [0.15, 0.2) is 97.1 Å². The molecule has 5 rings (SSSR count). The fourth-order valence-electron chi connectivity index (χ4n) is 6.35. The zero-order valence-corrected chi connectivity index (χ0v) is 33.8. The molecule has 0 N–H and O–H groups in total. The van der Waals surface area contributed by atoms with Gasteiger partial charge in [0.1, 0.15) is 11.5 Å². The van der Waals surface area contributed by atoms with Crippen molar-refractivity contribution in [2.75, 3.05) is 46.2 Å². The molecule has 0 aromatic heterocycles. The van der Waals surface area contributed by atoms with Gasteiger partial charge in [0.15, 0.2) is 0 Å². The standard InChI is InChI=1S/C48H60O8/c1-5-37(3)56-45-26-22-41(23-27-45)39-14-18-43(19-15-39)47(50)55-32-28-36(2)11-10-31-54-46(49)42-16-12-38(13-17-42)40-20-24-44(25-21-40)53-30-9-7-6-8-29-51-33-48(4)34-52-35-48/h12-27,36-37H,5-11,28-35H2,1-4H3/t36-,37+/m1/s1. The average molecular weight is 765 g/mol. The molecule has 2 atom stereocenters. The minimum atomic E-state index is -0.328. The Morgan fingerprint density at radius 1 is 0.607 bits per heavy atom. The van der Waals surface area contributed by atoms with Crippen LogP contribution >= 0.6 is 0 Å². The second-order valence-corrected chi connectivity index (χ2v) is 15.5. The Morgan fingerprint density at radius 3 is 1.62 bits per heavy atom. The van der Waals surface area contributed by atoms with Crippen molar-refractivity contribution in [3.8, 4) is 33.8 Å². The van der Waals surface area contributed by atoms with Gasteiger partial charge in [-0.05, 0) is 129 Å². The summed E-state index contributed by atoms with van der Waals surface area (Å²) in [5.74, 6) is 1.38. The molecular formula is C48H60O8. The molecule has 4 aromatic rings. The van der Waals surface area contributed by atoms with Crippen LogP contribution in [-0.4, -0.2) is 64.3 Å². The smallest absolute Gasteiger partial charge is 0.338 e. The SMILES string of the molecule is CC[C@H](C)Oc1ccc(-c2ccc(C(=O)OCC[C@H](C)CCCOC(=O)c3ccc(-c4ccc(OCCCCCCOCC5(C)COC5)cc4)cc3)cc2)cc1. The Balaban J connectivity index is 0.904. The first-order valence-corrected chi connectivity index (χ1v) is 20.4. The first kappa shape index (κ1) is 42.5. The van der Waals surface area contributed by atoms with E-state index >= 15 is 0 Å². The van der Waals surface area contributed by atoms with Gasteiger partial charge in [-0.2, -0.15) is 0 Å². The predicted molar refractivity (Wildman–Crippen MR) is 221 cm³/mol. The number of hydrogen-bond acceptors (Lipinski definition) is 8. The lowest BCUT2D eigenvalue weighted by Crippen LogP contribution is -2.43. The molecule has 0 amide bonds. The highest BCUT2D eigenvalue weighted by Crippen LogP contribution is 2.27. The second-order valence-electron chi connectivity index (χ2n) is 15.5. The molecule has 1 fully saturated rings. The molecule has 4 aromatic carbocycles. The van der Waals surface area contributed by atoms with Crippen LogP contribution in [0.4, 0.5) is 0 Å². The van der Waals surface area contributed by atoms with E-state index in [1.54, 1.807) is 24.3 Å². The van der Waals surface area contributed by atoms with Gasteiger partial charge in [-0.25, -0.2) is 9.59 Å². The minimum Gasteiger partial charge on any atom is -0.494 e. The van der Waals surface area contributed by atoms with Gasteiger partial charge in [0.05, 0.1) is 56.9 Å². The van der Waals surface area contributed by atoms with Crippen molar-refractivity contribution in [3.05, 3.63) is 108 Å². The van der Waals surface area contributed by atoms with Crippen molar-refractivity contribution in [1.29, 1.82) is 0 Å². The molecule has 1 aliphatic rings. The summed E-state index contributed by atoms with van der Waals surface area (Å²) in [6, 6.07) is 31.0. The van der Waals surface area contributed by atoms with Gasteiger partial charge in [-0.3, -0.25) is 0 Å². The van der Waals surface area contributed by atoms with Crippen molar-refractivity contribution in [3.63, 3.8) is 0 Å². The monoisotopic (exact) mass is 764 g/mol. The molecule has 0 radical (unpaired) electrons. The number of ether oxygens (including phenoxy) is 6. The Kier molecular flexibility index (Phi) is 16.8. The van der Waals surface area contributed by atoms with E-state index in [0.717, 1.165) is 112 Å². The molecule has 8 nitrogen and oxygen atoms in total. The van der Waals surface area contributed by atoms with Crippen LogP contribution in [0.1, 0.15) is 99.8 Å². The predicted octanol–water partition coefficient (Wildman–Crippen LogP) is 11.0. The summed E-state index contributed by atoms with van der Waals surface area (Å²) >= 11 is 0. The van der Waals surface area contributed by atoms with Gasteiger partial charge < -0.3 is 28.4 Å². The molecular weight excluding hydrogens is 705 g/mol. The van der Waals surface area contributed by atoms with Gasteiger partial charge in [0.2, 0.25) is 0 Å². The molecule has 0 unspecified atom stereocenters. The van der Waals surface area contributed by atoms with Crippen LogP contribution in [0, 0.1) is 11.3 Å². The zero-order chi connectivity index (χ0) is 39.6. The third-order valence-electron chi connectivity index (χ3n) is 10.3. The Bertz CT molecular complexity index is 1750. The summed E-state index contributed by atoms with van der Waals surface area (Å²) in [4.78, 5) is 25.3. The first-order valence-electron chi connectivity index (χ1n) is 20.4. The van der Waals surface area contributed by atoms with Crippen molar-refractivity contribution in [2.45, 2.75) is 85.2 Å². The highest BCUT2D eigenvalue weighted by Gasteiger charge is 2.33. The maximum atomic E-state index is 12.7. The van der Waals surface area contributed by atoms with Crippen LogP contribution in [-0.2, 0) is 18.9 Å². The zero-order valence-electron chi connectivity index (χ0n) is 33.8. The number of esters is 2. The molecule has 0 bridgehead atoms. The van der Waals surface area contributed by atoms with E-state index in [-0.39, 0.29) is 23.5 Å². The van der Waals surface area contributed by atoms with E-state index in [4.69, 9.17) is 28.4 Å². The normalized spacial score (nSPS) is 14.3. The van der Waals surface area contributed by atoms with Gasteiger partial charge in [0, 0.05) is 12.0 Å². The van der Waals surface area contributed by atoms with E-state index in [1.807, 2.05) is 72.8 Å².